The first-order chi connectivity index (χ1) is 8.71. The van der Waals surface area contributed by atoms with Crippen LogP contribution < -0.4 is 5.32 Å². The van der Waals surface area contributed by atoms with Crippen molar-refractivity contribution in [2.45, 2.75) is 46.1 Å². The topological polar surface area (TPSA) is 12.0 Å². The Kier molecular flexibility index (Phi) is 4.96. The van der Waals surface area contributed by atoms with Crippen molar-refractivity contribution >= 4 is 0 Å². The standard InChI is InChI=1S/C14H19F4N/c1-5-19-12(14(17,18)13(15)16)11-9(3)6-8(2)7-10(11)4/h6-7,12-13,19H,5H2,1-4H3. The molecule has 0 heterocycles. The lowest BCUT2D eigenvalue weighted by atomic mass is 9.90. The molecule has 1 atom stereocenters. The molecule has 0 aliphatic heterocycles. The monoisotopic (exact) mass is 277 g/mol. The van der Waals surface area contributed by atoms with Crippen LogP contribution in [0.4, 0.5) is 17.6 Å². The molecule has 0 amide bonds. The number of alkyl halides is 4. The lowest BCUT2D eigenvalue weighted by molar-refractivity contribution is -0.151. The molecule has 0 bridgehead atoms. The van der Waals surface area contributed by atoms with Gasteiger partial charge < -0.3 is 5.32 Å². The maximum Gasteiger partial charge on any atom is 0.326 e. The Labute approximate surface area is 111 Å². The smallest absolute Gasteiger partial charge is 0.305 e. The molecule has 1 nitrogen and oxygen atoms in total. The van der Waals surface area contributed by atoms with Crippen LogP contribution in [0.3, 0.4) is 0 Å². The second-order valence-corrected chi connectivity index (χ2v) is 4.78. The number of halogens is 4. The van der Waals surface area contributed by atoms with Crippen LogP contribution in [0.5, 0.6) is 0 Å². The van der Waals surface area contributed by atoms with E-state index in [2.05, 4.69) is 5.32 Å². The zero-order valence-corrected chi connectivity index (χ0v) is 11.5. The number of aryl methyl sites for hydroxylation is 3. The van der Waals surface area contributed by atoms with Gasteiger partial charge >= 0.3 is 12.3 Å². The lowest BCUT2D eigenvalue weighted by Gasteiger charge is -2.30. The quantitative estimate of drug-likeness (QED) is 0.797. The van der Waals surface area contributed by atoms with E-state index in [4.69, 9.17) is 0 Å². The number of hydrogen-bond acceptors (Lipinski definition) is 1. The van der Waals surface area contributed by atoms with Gasteiger partial charge in [-0.25, -0.2) is 8.78 Å². The highest BCUT2D eigenvalue weighted by Gasteiger charge is 2.49. The van der Waals surface area contributed by atoms with E-state index in [9.17, 15) is 17.6 Å². The molecule has 1 aromatic carbocycles. The van der Waals surface area contributed by atoms with Crippen molar-refractivity contribution in [1.82, 2.24) is 5.32 Å². The third-order valence-corrected chi connectivity index (χ3v) is 3.11. The van der Waals surface area contributed by atoms with Crippen LogP contribution in [0.25, 0.3) is 0 Å². The molecule has 0 aliphatic rings. The summed E-state index contributed by atoms with van der Waals surface area (Å²) in [6, 6.07) is 1.79. The molecule has 0 radical (unpaired) electrons. The van der Waals surface area contributed by atoms with Crippen molar-refractivity contribution in [1.29, 1.82) is 0 Å². The van der Waals surface area contributed by atoms with Gasteiger partial charge in [-0.2, -0.15) is 8.78 Å². The van der Waals surface area contributed by atoms with E-state index >= 15 is 0 Å². The summed E-state index contributed by atoms with van der Waals surface area (Å²) in [5, 5.41) is 2.49. The van der Waals surface area contributed by atoms with Gasteiger partial charge in [-0.3, -0.25) is 0 Å². The normalized spacial score (nSPS) is 13.9. The number of rotatable bonds is 5. The molecule has 0 saturated heterocycles. The Morgan fingerprint density at radius 3 is 1.95 bits per heavy atom. The van der Waals surface area contributed by atoms with Gasteiger partial charge in [0, 0.05) is 0 Å². The molecule has 0 spiro atoms. The summed E-state index contributed by atoms with van der Waals surface area (Å²) in [6.07, 6.45) is -3.70. The summed E-state index contributed by atoms with van der Waals surface area (Å²) >= 11 is 0. The van der Waals surface area contributed by atoms with Crippen LogP contribution in [-0.2, 0) is 0 Å². The van der Waals surface area contributed by atoms with Gasteiger partial charge in [0.2, 0.25) is 0 Å². The van der Waals surface area contributed by atoms with Gasteiger partial charge in [0.1, 0.15) is 6.04 Å². The summed E-state index contributed by atoms with van der Waals surface area (Å²) in [4.78, 5) is 0. The van der Waals surface area contributed by atoms with Crippen LogP contribution in [0.2, 0.25) is 0 Å². The average molecular weight is 277 g/mol. The van der Waals surface area contributed by atoms with Crippen molar-refractivity contribution in [3.8, 4) is 0 Å². The molecule has 0 saturated carbocycles. The molecule has 0 fully saturated rings. The largest absolute Gasteiger partial charge is 0.326 e. The van der Waals surface area contributed by atoms with Crippen molar-refractivity contribution in [3.05, 3.63) is 34.4 Å². The number of nitrogens with one attached hydrogen (secondary N) is 1. The Morgan fingerprint density at radius 1 is 1.11 bits per heavy atom. The minimum Gasteiger partial charge on any atom is -0.305 e. The molecule has 5 heteroatoms. The van der Waals surface area contributed by atoms with Gasteiger partial charge in [0.05, 0.1) is 0 Å². The van der Waals surface area contributed by atoms with E-state index in [1.54, 1.807) is 32.9 Å². The molecule has 1 aromatic rings. The number of hydrogen-bond donors (Lipinski definition) is 1. The van der Waals surface area contributed by atoms with Crippen molar-refractivity contribution in [3.63, 3.8) is 0 Å². The molecule has 0 aliphatic carbocycles. The maximum atomic E-state index is 13.7. The van der Waals surface area contributed by atoms with Crippen molar-refractivity contribution in [2.24, 2.45) is 0 Å². The molecule has 1 rings (SSSR count). The Bertz CT molecular complexity index is 420. The van der Waals surface area contributed by atoms with Crippen LogP contribution in [0.1, 0.15) is 35.2 Å². The highest BCUT2D eigenvalue weighted by Crippen LogP contribution is 2.39. The fraction of sp³-hybridized carbons (Fsp3) is 0.571. The van der Waals surface area contributed by atoms with Gasteiger partial charge in [0.25, 0.3) is 0 Å². The summed E-state index contributed by atoms with van der Waals surface area (Å²) in [5.74, 6) is -4.10. The van der Waals surface area contributed by atoms with Crippen LogP contribution >= 0.6 is 0 Å². The Hall–Kier alpha value is -1.10. The van der Waals surface area contributed by atoms with Crippen LogP contribution in [-0.4, -0.2) is 18.9 Å². The van der Waals surface area contributed by atoms with E-state index in [1.165, 1.54) is 0 Å². The second-order valence-electron chi connectivity index (χ2n) is 4.78. The van der Waals surface area contributed by atoms with E-state index in [-0.39, 0.29) is 12.1 Å². The molecular formula is C14H19F4N. The SMILES string of the molecule is CCNC(c1c(C)cc(C)cc1C)C(F)(F)C(F)F. The average Bonchev–Trinajstić information content (AvgIpc) is 2.26. The van der Waals surface area contributed by atoms with Crippen LogP contribution in [0, 0.1) is 20.8 Å². The zero-order chi connectivity index (χ0) is 14.8. The molecule has 1 N–H and O–H groups in total. The molecule has 19 heavy (non-hydrogen) atoms. The first-order valence-corrected chi connectivity index (χ1v) is 6.18. The lowest BCUT2D eigenvalue weighted by Crippen LogP contribution is -2.43. The first kappa shape index (κ1) is 16.0. The summed E-state index contributed by atoms with van der Waals surface area (Å²) < 4.78 is 52.7. The predicted molar refractivity (Wildman–Crippen MR) is 68.0 cm³/mol. The van der Waals surface area contributed by atoms with Gasteiger partial charge in [0.15, 0.2) is 0 Å². The summed E-state index contributed by atoms with van der Waals surface area (Å²) in [5.41, 5.74) is 2.39. The van der Waals surface area contributed by atoms with E-state index in [1.807, 2.05) is 6.92 Å². The van der Waals surface area contributed by atoms with Crippen molar-refractivity contribution in [2.75, 3.05) is 6.54 Å². The van der Waals surface area contributed by atoms with Gasteiger partial charge in [-0.1, -0.05) is 24.6 Å². The Morgan fingerprint density at radius 2 is 1.58 bits per heavy atom. The summed E-state index contributed by atoms with van der Waals surface area (Å²) in [6.45, 7) is 6.99. The second kappa shape index (κ2) is 5.90. The highest BCUT2D eigenvalue weighted by atomic mass is 19.3. The van der Waals surface area contributed by atoms with Gasteiger partial charge in [-0.15, -0.1) is 0 Å². The third kappa shape index (κ3) is 3.26. The minimum absolute atomic E-state index is 0.194. The minimum atomic E-state index is -4.10. The first-order valence-electron chi connectivity index (χ1n) is 6.18. The predicted octanol–water partition coefficient (Wildman–Crippen LogP) is 4.16. The summed E-state index contributed by atoms with van der Waals surface area (Å²) in [7, 11) is 0. The van der Waals surface area contributed by atoms with E-state index < -0.39 is 18.4 Å². The van der Waals surface area contributed by atoms with E-state index in [0.29, 0.717) is 11.1 Å². The number of benzene rings is 1. The molecule has 1 unspecified atom stereocenters. The van der Waals surface area contributed by atoms with Crippen molar-refractivity contribution < 1.29 is 17.6 Å². The highest BCUT2D eigenvalue weighted by molar-refractivity contribution is 5.40. The van der Waals surface area contributed by atoms with E-state index in [0.717, 1.165) is 5.56 Å². The third-order valence-electron chi connectivity index (χ3n) is 3.11. The zero-order valence-electron chi connectivity index (χ0n) is 11.5. The fourth-order valence-corrected chi connectivity index (χ4v) is 2.41. The molecular weight excluding hydrogens is 258 g/mol. The van der Waals surface area contributed by atoms with Gasteiger partial charge in [-0.05, 0) is 44.0 Å². The fourth-order valence-electron chi connectivity index (χ4n) is 2.41. The van der Waals surface area contributed by atoms with Crippen LogP contribution in [0.15, 0.2) is 12.1 Å². The molecule has 0 aromatic heterocycles. The Balaban J connectivity index is 3.35. The molecule has 108 valence electrons. The maximum absolute atomic E-state index is 13.7.